The van der Waals surface area contributed by atoms with Crippen LogP contribution in [0.2, 0.25) is 0 Å². The Kier molecular flexibility index (Phi) is 3.81. The van der Waals surface area contributed by atoms with Crippen LogP contribution in [0.4, 0.5) is 0 Å². The molecule has 0 spiro atoms. The average molecular weight is 200 g/mol. The summed E-state index contributed by atoms with van der Waals surface area (Å²) in [5.41, 5.74) is 0.945. The van der Waals surface area contributed by atoms with Crippen LogP contribution in [0.3, 0.4) is 0 Å². The molecule has 0 atom stereocenters. The molecule has 0 aliphatic rings. The van der Waals surface area contributed by atoms with Gasteiger partial charge in [-0.15, -0.1) is 12.6 Å². The summed E-state index contributed by atoms with van der Waals surface area (Å²) in [7, 11) is 0. The second-order valence-corrected chi connectivity index (χ2v) is 3.57. The van der Waals surface area contributed by atoms with Crippen LogP contribution in [-0.4, -0.2) is 16.2 Å². The molecule has 74 valence electrons. The van der Waals surface area contributed by atoms with Crippen molar-refractivity contribution in [2.24, 2.45) is 0 Å². The second-order valence-electron chi connectivity index (χ2n) is 3.17. The third kappa shape index (κ3) is 2.74. The van der Waals surface area contributed by atoms with Crippen LogP contribution in [-0.2, 0) is 11.3 Å². The lowest BCUT2D eigenvalue weighted by Crippen LogP contribution is -1.98. The molecule has 13 heavy (non-hydrogen) atoms. The van der Waals surface area contributed by atoms with Gasteiger partial charge in [0.1, 0.15) is 0 Å². The van der Waals surface area contributed by atoms with Gasteiger partial charge in [-0.3, -0.25) is 0 Å². The predicted octanol–water partition coefficient (Wildman–Crippen LogP) is 2.29. The monoisotopic (exact) mass is 200 g/mol. The molecule has 0 fully saturated rings. The van der Waals surface area contributed by atoms with Gasteiger partial charge in [0, 0.05) is 18.8 Å². The van der Waals surface area contributed by atoms with E-state index in [1.165, 1.54) is 0 Å². The molecule has 0 amide bonds. The summed E-state index contributed by atoms with van der Waals surface area (Å²) >= 11 is 4.28. The quantitative estimate of drug-likeness (QED) is 0.755. The van der Waals surface area contributed by atoms with Crippen molar-refractivity contribution in [1.82, 2.24) is 9.55 Å². The highest BCUT2D eigenvalue weighted by atomic mass is 32.1. The van der Waals surface area contributed by atoms with Gasteiger partial charge in [-0.05, 0) is 20.8 Å². The minimum Gasteiger partial charge on any atom is -0.375 e. The molecule has 0 aliphatic heterocycles. The number of nitrogens with zero attached hydrogens (tertiary/aromatic N) is 2. The molecule has 0 N–H and O–H groups in total. The zero-order valence-electron chi connectivity index (χ0n) is 8.32. The summed E-state index contributed by atoms with van der Waals surface area (Å²) < 4.78 is 7.28. The summed E-state index contributed by atoms with van der Waals surface area (Å²) in [4.78, 5) is 4.27. The van der Waals surface area contributed by atoms with Crippen LogP contribution in [0.5, 0.6) is 0 Å². The van der Waals surface area contributed by atoms with Gasteiger partial charge in [-0.1, -0.05) is 0 Å². The molecule has 0 radical (unpaired) electrons. The third-order valence-electron chi connectivity index (χ3n) is 1.77. The molecule has 1 aromatic rings. The normalized spacial score (nSPS) is 11.2. The lowest BCUT2D eigenvalue weighted by molar-refractivity contribution is 0.131. The van der Waals surface area contributed by atoms with E-state index in [2.05, 4.69) is 31.5 Å². The Bertz CT molecular complexity index is 271. The summed E-state index contributed by atoms with van der Waals surface area (Å²) in [6.45, 7) is 7.47. The first-order chi connectivity index (χ1) is 6.15. The summed E-state index contributed by atoms with van der Waals surface area (Å²) in [5, 5.41) is 0.754. The molecule has 0 aliphatic carbocycles. The highest BCUT2D eigenvalue weighted by Gasteiger charge is 2.06. The number of thiol groups is 1. The standard InChI is InChI=1S/C9H16N2OS/c1-4-12-6-8-5-11(7(2)3)9(13)10-8/h5,7H,4,6H2,1-3H3,(H,10,13). The fraction of sp³-hybridized carbons (Fsp3) is 0.667. The van der Waals surface area contributed by atoms with Crippen LogP contribution in [0.1, 0.15) is 32.5 Å². The summed E-state index contributed by atoms with van der Waals surface area (Å²) in [5.74, 6) is 0. The first-order valence-corrected chi connectivity index (χ1v) is 4.94. The van der Waals surface area contributed by atoms with Crippen molar-refractivity contribution in [2.75, 3.05) is 6.61 Å². The second kappa shape index (κ2) is 4.67. The van der Waals surface area contributed by atoms with Crippen molar-refractivity contribution in [1.29, 1.82) is 0 Å². The lowest BCUT2D eigenvalue weighted by atomic mass is 10.4. The Morgan fingerprint density at radius 2 is 2.31 bits per heavy atom. The zero-order chi connectivity index (χ0) is 9.84. The van der Waals surface area contributed by atoms with E-state index in [4.69, 9.17) is 4.74 Å². The summed E-state index contributed by atoms with van der Waals surface area (Å²) in [6, 6.07) is 0.398. The maximum atomic E-state index is 5.26. The Hall–Kier alpha value is -0.480. The maximum Gasteiger partial charge on any atom is 0.165 e. The highest BCUT2D eigenvalue weighted by Crippen LogP contribution is 2.14. The van der Waals surface area contributed by atoms with Crippen molar-refractivity contribution in [3.05, 3.63) is 11.9 Å². The van der Waals surface area contributed by atoms with Crippen molar-refractivity contribution in [3.8, 4) is 0 Å². The fourth-order valence-corrected chi connectivity index (χ4v) is 1.51. The minimum atomic E-state index is 0.398. The van der Waals surface area contributed by atoms with Gasteiger partial charge in [0.15, 0.2) is 5.16 Å². The van der Waals surface area contributed by atoms with Gasteiger partial charge in [-0.2, -0.15) is 0 Å². The van der Waals surface area contributed by atoms with E-state index in [1.807, 2.05) is 17.7 Å². The van der Waals surface area contributed by atoms with E-state index in [0.717, 1.165) is 17.5 Å². The smallest absolute Gasteiger partial charge is 0.165 e. The van der Waals surface area contributed by atoms with Crippen LogP contribution in [0.25, 0.3) is 0 Å². The molecule has 0 saturated carbocycles. The molecule has 0 aromatic carbocycles. The molecule has 0 unspecified atom stereocenters. The van der Waals surface area contributed by atoms with Crippen LogP contribution in [0, 0.1) is 0 Å². The van der Waals surface area contributed by atoms with E-state index in [1.54, 1.807) is 0 Å². The van der Waals surface area contributed by atoms with Crippen LogP contribution in [0.15, 0.2) is 11.4 Å². The SMILES string of the molecule is CCOCc1cn(C(C)C)c(S)n1. The molecule has 0 bridgehead atoms. The Morgan fingerprint density at radius 3 is 2.77 bits per heavy atom. The number of hydrogen-bond donors (Lipinski definition) is 1. The molecule has 0 saturated heterocycles. The van der Waals surface area contributed by atoms with E-state index in [0.29, 0.717) is 12.6 Å². The topological polar surface area (TPSA) is 27.1 Å². The molecule has 1 heterocycles. The zero-order valence-corrected chi connectivity index (χ0v) is 9.21. The van der Waals surface area contributed by atoms with Crippen LogP contribution >= 0.6 is 12.6 Å². The van der Waals surface area contributed by atoms with Crippen LogP contribution < -0.4 is 0 Å². The maximum absolute atomic E-state index is 5.26. The Morgan fingerprint density at radius 1 is 1.62 bits per heavy atom. The number of rotatable bonds is 4. The average Bonchev–Trinajstić information content (AvgIpc) is 2.43. The third-order valence-corrected chi connectivity index (χ3v) is 2.10. The Balaban J connectivity index is 2.71. The van der Waals surface area contributed by atoms with Crippen molar-refractivity contribution in [2.45, 2.75) is 38.6 Å². The Labute approximate surface area is 84.5 Å². The van der Waals surface area contributed by atoms with E-state index in [9.17, 15) is 0 Å². The molecule has 1 rings (SSSR count). The molecular formula is C9H16N2OS. The lowest BCUT2D eigenvalue weighted by Gasteiger charge is -2.06. The van der Waals surface area contributed by atoms with Gasteiger partial charge in [0.25, 0.3) is 0 Å². The van der Waals surface area contributed by atoms with Crippen molar-refractivity contribution >= 4 is 12.6 Å². The first kappa shape index (κ1) is 10.6. The number of imidazole rings is 1. The fourth-order valence-electron chi connectivity index (χ4n) is 1.09. The largest absolute Gasteiger partial charge is 0.375 e. The summed E-state index contributed by atoms with van der Waals surface area (Å²) in [6.07, 6.45) is 1.99. The van der Waals surface area contributed by atoms with Crippen molar-refractivity contribution in [3.63, 3.8) is 0 Å². The van der Waals surface area contributed by atoms with Gasteiger partial charge in [-0.25, -0.2) is 4.98 Å². The van der Waals surface area contributed by atoms with Gasteiger partial charge in [0.05, 0.1) is 12.3 Å². The number of hydrogen-bond acceptors (Lipinski definition) is 3. The first-order valence-electron chi connectivity index (χ1n) is 4.49. The van der Waals surface area contributed by atoms with E-state index in [-0.39, 0.29) is 0 Å². The van der Waals surface area contributed by atoms with Crippen molar-refractivity contribution < 1.29 is 4.74 Å². The van der Waals surface area contributed by atoms with Gasteiger partial charge < -0.3 is 9.30 Å². The number of aromatic nitrogens is 2. The number of ether oxygens (including phenoxy) is 1. The van der Waals surface area contributed by atoms with E-state index >= 15 is 0 Å². The van der Waals surface area contributed by atoms with Gasteiger partial charge in [0.2, 0.25) is 0 Å². The van der Waals surface area contributed by atoms with E-state index < -0.39 is 0 Å². The minimum absolute atomic E-state index is 0.398. The molecule has 1 aromatic heterocycles. The van der Waals surface area contributed by atoms with Gasteiger partial charge >= 0.3 is 0 Å². The predicted molar refractivity (Wildman–Crippen MR) is 55.2 cm³/mol. The highest BCUT2D eigenvalue weighted by molar-refractivity contribution is 7.80. The molecule has 3 nitrogen and oxygen atoms in total. The molecule has 4 heteroatoms. The molecular weight excluding hydrogens is 184 g/mol.